The Morgan fingerprint density at radius 3 is 2.40 bits per heavy atom. The first-order valence-corrected chi connectivity index (χ1v) is 7.68. The smallest absolute Gasteiger partial charge is 0.155 e. The molecule has 0 spiro atoms. The van der Waals surface area contributed by atoms with Gasteiger partial charge in [-0.1, -0.05) is 12.8 Å². The third-order valence-electron chi connectivity index (χ3n) is 4.81. The molecular formula is C15H24N4O. The van der Waals surface area contributed by atoms with Crippen LogP contribution in [0.2, 0.25) is 0 Å². The number of piperazine rings is 1. The summed E-state index contributed by atoms with van der Waals surface area (Å²) in [5.41, 5.74) is 1.58. The van der Waals surface area contributed by atoms with Gasteiger partial charge in [-0.3, -0.25) is 14.4 Å². The number of nitrogens with zero attached hydrogens (tertiary/aromatic N) is 4. The van der Waals surface area contributed by atoms with Crippen molar-refractivity contribution in [1.29, 1.82) is 0 Å². The zero-order valence-corrected chi connectivity index (χ0v) is 12.5. The highest BCUT2D eigenvalue weighted by molar-refractivity contribution is 5.84. The van der Waals surface area contributed by atoms with E-state index in [0.29, 0.717) is 0 Å². The van der Waals surface area contributed by atoms with Crippen LogP contribution in [0.1, 0.15) is 41.7 Å². The molecule has 2 fully saturated rings. The molecule has 0 radical (unpaired) electrons. The second kappa shape index (κ2) is 5.56. The molecule has 0 bridgehead atoms. The van der Waals surface area contributed by atoms with Crippen LogP contribution in [0.25, 0.3) is 0 Å². The average molecular weight is 276 g/mol. The van der Waals surface area contributed by atoms with Gasteiger partial charge in [-0.05, 0) is 19.8 Å². The topological polar surface area (TPSA) is 41.4 Å². The fraction of sp³-hybridized carbons (Fsp3) is 0.733. The minimum absolute atomic E-state index is 0.752. The summed E-state index contributed by atoms with van der Waals surface area (Å²) in [4.78, 5) is 16.2. The van der Waals surface area contributed by atoms with E-state index in [4.69, 9.17) is 0 Å². The van der Waals surface area contributed by atoms with Crippen LogP contribution < -0.4 is 4.90 Å². The lowest BCUT2D eigenvalue weighted by Crippen LogP contribution is -2.50. The molecule has 110 valence electrons. The SMILES string of the molecule is Cc1nn(C)c(N2CCN(C3CCCC3)CC2)c1C=O. The van der Waals surface area contributed by atoms with E-state index in [1.165, 1.54) is 25.7 Å². The van der Waals surface area contributed by atoms with Crippen LogP contribution in [0.15, 0.2) is 0 Å². The van der Waals surface area contributed by atoms with Gasteiger partial charge >= 0.3 is 0 Å². The summed E-state index contributed by atoms with van der Waals surface area (Å²) >= 11 is 0. The number of rotatable bonds is 3. The van der Waals surface area contributed by atoms with Crippen LogP contribution in [0.4, 0.5) is 5.82 Å². The summed E-state index contributed by atoms with van der Waals surface area (Å²) < 4.78 is 1.85. The van der Waals surface area contributed by atoms with Crippen LogP contribution in [-0.4, -0.2) is 53.2 Å². The number of hydrogen-bond donors (Lipinski definition) is 0. The van der Waals surface area contributed by atoms with Crippen molar-refractivity contribution in [1.82, 2.24) is 14.7 Å². The predicted molar refractivity (Wildman–Crippen MR) is 79.4 cm³/mol. The highest BCUT2D eigenvalue weighted by atomic mass is 16.1. The maximum Gasteiger partial charge on any atom is 0.155 e. The van der Waals surface area contributed by atoms with E-state index in [1.807, 2.05) is 18.7 Å². The van der Waals surface area contributed by atoms with Crippen LogP contribution >= 0.6 is 0 Å². The van der Waals surface area contributed by atoms with Crippen molar-refractivity contribution < 1.29 is 4.79 Å². The third-order valence-corrected chi connectivity index (χ3v) is 4.81. The van der Waals surface area contributed by atoms with Gasteiger partial charge in [0, 0.05) is 39.3 Å². The van der Waals surface area contributed by atoms with Crippen molar-refractivity contribution in [2.45, 2.75) is 38.6 Å². The van der Waals surface area contributed by atoms with Crippen molar-refractivity contribution >= 4 is 12.1 Å². The summed E-state index contributed by atoms with van der Waals surface area (Å²) in [5.74, 6) is 0.989. The van der Waals surface area contributed by atoms with E-state index in [0.717, 1.165) is 55.6 Å². The molecule has 2 aliphatic rings. The molecule has 0 unspecified atom stereocenters. The molecule has 1 saturated carbocycles. The maximum absolute atomic E-state index is 11.3. The van der Waals surface area contributed by atoms with Gasteiger partial charge in [0.25, 0.3) is 0 Å². The van der Waals surface area contributed by atoms with Crippen LogP contribution in [0.5, 0.6) is 0 Å². The Bertz CT molecular complexity index is 482. The average Bonchev–Trinajstić information content (AvgIpc) is 3.06. The highest BCUT2D eigenvalue weighted by Gasteiger charge is 2.28. The number of carbonyl (C=O) groups excluding carboxylic acids is 1. The lowest BCUT2D eigenvalue weighted by Gasteiger charge is -2.39. The van der Waals surface area contributed by atoms with Crippen LogP contribution in [0.3, 0.4) is 0 Å². The summed E-state index contributed by atoms with van der Waals surface area (Å²) in [6, 6.07) is 0.802. The van der Waals surface area contributed by atoms with Crippen molar-refractivity contribution in [3.05, 3.63) is 11.3 Å². The second-order valence-electron chi connectivity index (χ2n) is 6.03. The van der Waals surface area contributed by atoms with Gasteiger partial charge in [0.05, 0.1) is 11.3 Å². The monoisotopic (exact) mass is 276 g/mol. The first kappa shape index (κ1) is 13.6. The maximum atomic E-state index is 11.3. The molecule has 1 aromatic rings. The molecule has 1 aliphatic heterocycles. The van der Waals surface area contributed by atoms with Gasteiger partial charge in [0.1, 0.15) is 5.82 Å². The quantitative estimate of drug-likeness (QED) is 0.787. The van der Waals surface area contributed by atoms with Crippen molar-refractivity contribution in [2.75, 3.05) is 31.1 Å². The van der Waals surface area contributed by atoms with Gasteiger partial charge in [-0.15, -0.1) is 0 Å². The molecule has 3 rings (SSSR count). The lowest BCUT2D eigenvalue weighted by atomic mass is 10.1. The number of carbonyl (C=O) groups is 1. The van der Waals surface area contributed by atoms with Crippen molar-refractivity contribution in [3.63, 3.8) is 0 Å². The summed E-state index contributed by atoms with van der Waals surface area (Å²) in [5, 5.41) is 4.38. The molecule has 1 saturated heterocycles. The van der Waals surface area contributed by atoms with Crippen LogP contribution in [0, 0.1) is 6.92 Å². The van der Waals surface area contributed by atoms with E-state index in [2.05, 4.69) is 14.9 Å². The lowest BCUT2D eigenvalue weighted by molar-refractivity contribution is 0.112. The van der Waals surface area contributed by atoms with Gasteiger partial charge in [-0.25, -0.2) is 0 Å². The fourth-order valence-corrected chi connectivity index (χ4v) is 3.74. The largest absolute Gasteiger partial charge is 0.354 e. The second-order valence-corrected chi connectivity index (χ2v) is 6.03. The van der Waals surface area contributed by atoms with Crippen LogP contribution in [-0.2, 0) is 7.05 Å². The minimum atomic E-state index is 0.752. The van der Waals surface area contributed by atoms with E-state index in [-0.39, 0.29) is 0 Å². The van der Waals surface area contributed by atoms with Gasteiger partial charge in [0.2, 0.25) is 0 Å². The van der Waals surface area contributed by atoms with Crippen molar-refractivity contribution in [2.24, 2.45) is 7.05 Å². The first-order chi connectivity index (χ1) is 9.70. The molecule has 1 aromatic heterocycles. The molecule has 0 amide bonds. The molecule has 5 heteroatoms. The summed E-state index contributed by atoms with van der Waals surface area (Å²) in [6.45, 7) is 6.11. The molecule has 20 heavy (non-hydrogen) atoms. The Morgan fingerprint density at radius 1 is 1.15 bits per heavy atom. The molecular weight excluding hydrogens is 252 g/mol. The number of hydrogen-bond acceptors (Lipinski definition) is 4. The fourth-order valence-electron chi connectivity index (χ4n) is 3.74. The number of aromatic nitrogens is 2. The Morgan fingerprint density at radius 2 is 1.80 bits per heavy atom. The summed E-state index contributed by atoms with van der Waals surface area (Å²) in [7, 11) is 1.93. The zero-order chi connectivity index (χ0) is 14.1. The van der Waals surface area contributed by atoms with Gasteiger partial charge in [0.15, 0.2) is 6.29 Å². The van der Waals surface area contributed by atoms with E-state index in [9.17, 15) is 4.79 Å². The Balaban J connectivity index is 1.70. The van der Waals surface area contributed by atoms with E-state index >= 15 is 0 Å². The van der Waals surface area contributed by atoms with Crippen molar-refractivity contribution in [3.8, 4) is 0 Å². The normalized spacial score (nSPS) is 21.6. The number of aldehydes is 1. The molecule has 5 nitrogen and oxygen atoms in total. The first-order valence-electron chi connectivity index (χ1n) is 7.68. The third kappa shape index (κ3) is 2.35. The molecule has 0 atom stereocenters. The van der Waals surface area contributed by atoms with E-state index in [1.54, 1.807) is 0 Å². The molecule has 0 aromatic carbocycles. The molecule has 2 heterocycles. The number of aryl methyl sites for hydroxylation is 2. The molecule has 1 aliphatic carbocycles. The Hall–Kier alpha value is -1.36. The van der Waals surface area contributed by atoms with E-state index < -0.39 is 0 Å². The Labute approximate surface area is 120 Å². The standard InChI is InChI=1S/C15H24N4O/c1-12-14(11-20)15(17(2)16-12)19-9-7-18(8-10-19)13-5-3-4-6-13/h11,13H,3-10H2,1-2H3. The number of anilines is 1. The zero-order valence-electron chi connectivity index (χ0n) is 12.5. The Kier molecular flexibility index (Phi) is 3.78. The highest BCUT2D eigenvalue weighted by Crippen LogP contribution is 2.27. The van der Waals surface area contributed by atoms with Gasteiger partial charge in [-0.2, -0.15) is 5.10 Å². The summed E-state index contributed by atoms with van der Waals surface area (Å²) in [6.07, 6.45) is 6.46. The molecule has 0 N–H and O–H groups in total. The van der Waals surface area contributed by atoms with Gasteiger partial charge < -0.3 is 4.90 Å². The minimum Gasteiger partial charge on any atom is -0.354 e. The predicted octanol–water partition coefficient (Wildman–Crippen LogP) is 1.61.